The molecule has 0 aliphatic heterocycles. The van der Waals surface area contributed by atoms with E-state index in [1.165, 1.54) is 0 Å². The zero-order chi connectivity index (χ0) is 67.5. The molecule has 12 heteroatoms. The topological polar surface area (TPSA) is 155 Å². The molecule has 474 valence electrons. The van der Waals surface area contributed by atoms with Gasteiger partial charge in [0.15, 0.2) is 17.5 Å². The van der Waals surface area contributed by atoms with Crippen molar-refractivity contribution in [1.82, 2.24) is 59.8 Å². The first-order chi connectivity index (χ1) is 50.4. The molecule has 0 saturated carbocycles. The van der Waals surface area contributed by atoms with Crippen LogP contribution in [0.4, 0.5) is 0 Å². The summed E-state index contributed by atoms with van der Waals surface area (Å²) in [6, 6.07) is 106. The molecule has 0 radical (unpaired) electrons. The molecule has 0 saturated heterocycles. The molecule has 0 fully saturated rings. The van der Waals surface area contributed by atoms with Crippen molar-refractivity contribution in [2.75, 3.05) is 0 Å². The Morgan fingerprint density at radius 3 is 0.990 bits per heavy atom. The number of aromatic nitrogens is 12. The average Bonchev–Trinajstić information content (AvgIpc) is 0.851. The van der Waals surface area contributed by atoms with E-state index in [-0.39, 0.29) is 0 Å². The molecule has 19 aromatic rings. The Kier molecular flexibility index (Phi) is 14.6. The van der Waals surface area contributed by atoms with Gasteiger partial charge in [0.25, 0.3) is 0 Å². The molecule has 0 atom stereocenters. The Morgan fingerprint density at radius 2 is 0.471 bits per heavy atom. The number of hydrogen-bond donors (Lipinski definition) is 0. The molecule has 0 spiro atoms. The van der Waals surface area contributed by atoms with E-state index >= 15 is 0 Å². The number of rotatable bonds is 12. The van der Waals surface area contributed by atoms with Crippen molar-refractivity contribution in [3.63, 3.8) is 0 Å². The number of pyridine rings is 6. The van der Waals surface area contributed by atoms with Crippen LogP contribution in [-0.4, -0.2) is 59.8 Å². The standard InChI is InChI=1S/C90H54N12/c1-3-9-57(10-4-1)84-54-85(102-88(101-84)66-11-5-2-6-12-66)59-21-17-56(18-22-59)68-30-24-61-34-40-75(95-81(61)51-68)72-32-26-63-36-44-79(97-83(63)53-72)90-93-48-45-77(100-90)70-14-7-13-69(49-70)76-42-38-65-28-27-64-37-41-73(98-86(64)87(65)99-76)58-19-15-55(16-20-58)67-29-23-60-33-39-74(94-80(60)50-67)71-31-25-62-35-43-78(96-82(62)52-71)89-91-46-8-47-92-89/h1-54H. The van der Waals surface area contributed by atoms with E-state index < -0.39 is 0 Å². The molecule has 0 amide bonds. The van der Waals surface area contributed by atoms with Gasteiger partial charge in [-0.2, -0.15) is 0 Å². The minimum absolute atomic E-state index is 0.527. The van der Waals surface area contributed by atoms with Gasteiger partial charge in [-0.3, -0.25) is 0 Å². The molecule has 12 nitrogen and oxygen atoms in total. The van der Waals surface area contributed by atoms with E-state index in [2.05, 4.69) is 247 Å². The molecule has 0 unspecified atom stereocenters. The van der Waals surface area contributed by atoms with Crippen molar-refractivity contribution in [3.05, 3.63) is 328 Å². The Hall–Kier alpha value is -14.1. The Bertz CT molecular complexity index is 6440. The van der Waals surface area contributed by atoms with Gasteiger partial charge in [-0.15, -0.1) is 0 Å². The smallest absolute Gasteiger partial charge is 0.178 e. The van der Waals surface area contributed by atoms with E-state index in [1.54, 1.807) is 24.7 Å². The van der Waals surface area contributed by atoms with Gasteiger partial charge in [0.1, 0.15) is 11.4 Å². The van der Waals surface area contributed by atoms with Gasteiger partial charge < -0.3 is 0 Å². The number of nitrogens with zero attached hydrogens (tertiary/aromatic N) is 12. The summed E-state index contributed by atoms with van der Waals surface area (Å²) >= 11 is 0. The largest absolute Gasteiger partial charge is 0.248 e. The van der Waals surface area contributed by atoms with Gasteiger partial charge in [0.2, 0.25) is 0 Å². The second kappa shape index (κ2) is 25.1. The highest BCUT2D eigenvalue weighted by atomic mass is 14.9. The van der Waals surface area contributed by atoms with Crippen molar-refractivity contribution in [1.29, 1.82) is 0 Å². The van der Waals surface area contributed by atoms with E-state index in [9.17, 15) is 0 Å². The molecule has 9 aromatic heterocycles. The van der Waals surface area contributed by atoms with E-state index in [4.69, 9.17) is 49.8 Å². The van der Waals surface area contributed by atoms with Crippen LogP contribution in [-0.2, 0) is 0 Å². The minimum Gasteiger partial charge on any atom is -0.248 e. The van der Waals surface area contributed by atoms with Crippen molar-refractivity contribution >= 4 is 65.4 Å². The summed E-state index contributed by atoms with van der Waals surface area (Å²) in [5.41, 5.74) is 24.6. The van der Waals surface area contributed by atoms with Crippen molar-refractivity contribution in [2.45, 2.75) is 0 Å². The lowest BCUT2D eigenvalue weighted by atomic mass is 10.00. The fraction of sp³-hybridized carbons (Fsp3) is 0. The number of fused-ring (bicyclic) bond motifs is 7. The average molecular weight is 1300 g/mol. The lowest BCUT2D eigenvalue weighted by Crippen LogP contribution is -1.95. The lowest BCUT2D eigenvalue weighted by Gasteiger charge is -2.11. The molecule has 0 aliphatic rings. The van der Waals surface area contributed by atoms with Crippen LogP contribution in [0.1, 0.15) is 0 Å². The minimum atomic E-state index is 0.527. The third-order valence-electron chi connectivity index (χ3n) is 18.9. The fourth-order valence-electron chi connectivity index (χ4n) is 13.5. The van der Waals surface area contributed by atoms with Crippen LogP contribution in [0.3, 0.4) is 0 Å². The quantitative estimate of drug-likeness (QED) is 0.107. The summed E-state index contributed by atoms with van der Waals surface area (Å²) in [5.74, 6) is 1.81. The number of benzene rings is 10. The van der Waals surface area contributed by atoms with Gasteiger partial charge >= 0.3 is 0 Å². The van der Waals surface area contributed by atoms with Crippen molar-refractivity contribution in [3.8, 4) is 135 Å². The normalized spacial score (nSPS) is 11.5. The van der Waals surface area contributed by atoms with E-state index in [1.807, 2.05) is 66.7 Å². The first-order valence-electron chi connectivity index (χ1n) is 33.7. The van der Waals surface area contributed by atoms with E-state index in [0.717, 1.165) is 178 Å². The highest BCUT2D eigenvalue weighted by molar-refractivity contribution is 6.04. The van der Waals surface area contributed by atoms with Gasteiger partial charge in [-0.25, -0.2) is 59.8 Å². The van der Waals surface area contributed by atoms with Crippen molar-refractivity contribution in [2.24, 2.45) is 0 Å². The second-order valence-corrected chi connectivity index (χ2v) is 25.3. The van der Waals surface area contributed by atoms with Crippen molar-refractivity contribution < 1.29 is 0 Å². The van der Waals surface area contributed by atoms with Crippen LogP contribution >= 0.6 is 0 Å². The third-order valence-corrected chi connectivity index (χ3v) is 18.9. The maximum Gasteiger partial charge on any atom is 0.178 e. The predicted octanol–water partition coefficient (Wildman–Crippen LogP) is 21.3. The summed E-state index contributed by atoms with van der Waals surface area (Å²) in [6.45, 7) is 0. The zero-order valence-corrected chi connectivity index (χ0v) is 54.5. The molecule has 9 heterocycles. The third kappa shape index (κ3) is 11.4. The summed E-state index contributed by atoms with van der Waals surface area (Å²) in [6.07, 6.45) is 5.26. The Balaban J connectivity index is 0.560. The van der Waals surface area contributed by atoms with Gasteiger partial charge in [-0.05, 0) is 107 Å². The predicted molar refractivity (Wildman–Crippen MR) is 410 cm³/mol. The monoisotopic (exact) mass is 1300 g/mol. The summed E-state index contributed by atoms with van der Waals surface area (Å²) < 4.78 is 0. The van der Waals surface area contributed by atoms with E-state index in [0.29, 0.717) is 23.2 Å². The molecular formula is C90H54N12. The SMILES string of the molecule is c1ccc(-c2cc(-c3ccc(-c4ccc5ccc(-c6ccc7ccc(-c8nccc(-c9cccc(-c%10ccc%11ccc%12ccc(-c%13ccc(-c%14ccc%15ccc(-c%16ccc%17ccc(-c%18ncccn%18)nc%17c%16)nc%15c%14)cc%13)nc%12c%11n%10)c9)n8)nc7c6)nc5c4)cc3)nc(-c3ccccc3)n2)cc1. The molecule has 0 bridgehead atoms. The van der Waals surface area contributed by atoms with Gasteiger partial charge in [0.05, 0.1) is 73.0 Å². The summed E-state index contributed by atoms with van der Waals surface area (Å²) in [5, 5.41) is 6.18. The molecule has 0 aliphatic carbocycles. The van der Waals surface area contributed by atoms with Gasteiger partial charge in [0, 0.05) is 95.4 Å². The van der Waals surface area contributed by atoms with Crippen LogP contribution in [0.2, 0.25) is 0 Å². The van der Waals surface area contributed by atoms with Crippen LogP contribution in [0.25, 0.3) is 201 Å². The maximum absolute atomic E-state index is 5.33. The zero-order valence-electron chi connectivity index (χ0n) is 54.5. The Labute approximate surface area is 585 Å². The molecule has 102 heavy (non-hydrogen) atoms. The number of hydrogen-bond acceptors (Lipinski definition) is 12. The molecule has 19 rings (SSSR count). The van der Waals surface area contributed by atoms with Gasteiger partial charge in [-0.1, -0.05) is 224 Å². The molecular weight excluding hydrogens is 1250 g/mol. The second-order valence-electron chi connectivity index (χ2n) is 25.3. The maximum atomic E-state index is 5.33. The van der Waals surface area contributed by atoms with Crippen LogP contribution in [0, 0.1) is 0 Å². The lowest BCUT2D eigenvalue weighted by molar-refractivity contribution is 1.15. The molecule has 0 N–H and O–H groups in total. The molecule has 10 aromatic carbocycles. The van der Waals surface area contributed by atoms with Crippen LogP contribution in [0.5, 0.6) is 0 Å². The Morgan fingerprint density at radius 1 is 0.147 bits per heavy atom. The summed E-state index contributed by atoms with van der Waals surface area (Å²) in [7, 11) is 0. The first-order valence-corrected chi connectivity index (χ1v) is 33.7. The van der Waals surface area contributed by atoms with Crippen LogP contribution < -0.4 is 0 Å². The first kappa shape index (κ1) is 59.2. The highest BCUT2D eigenvalue weighted by Crippen LogP contribution is 2.37. The highest BCUT2D eigenvalue weighted by Gasteiger charge is 2.17. The fourth-order valence-corrected chi connectivity index (χ4v) is 13.5. The summed E-state index contributed by atoms with van der Waals surface area (Å²) in [4.78, 5) is 59.8. The van der Waals surface area contributed by atoms with Crippen LogP contribution in [0.15, 0.2) is 328 Å².